The van der Waals surface area contributed by atoms with E-state index in [0.717, 1.165) is 38.1 Å². The summed E-state index contributed by atoms with van der Waals surface area (Å²) in [4.78, 5) is 12.3. The number of carbonyl (C=O) groups is 1. The Morgan fingerprint density at radius 3 is 2.50 bits per heavy atom. The normalized spacial score (nSPS) is 19.1. The average molecular weight is 312 g/mol. The van der Waals surface area contributed by atoms with E-state index in [0.29, 0.717) is 6.42 Å². The van der Waals surface area contributed by atoms with Crippen molar-refractivity contribution in [3.05, 3.63) is 0 Å². The van der Waals surface area contributed by atoms with Crippen LogP contribution in [0.4, 0.5) is 0 Å². The number of nitrogens with one attached hydrogen (secondary N) is 1. The van der Waals surface area contributed by atoms with Gasteiger partial charge in [0.1, 0.15) is 0 Å². The van der Waals surface area contributed by atoms with Gasteiger partial charge in [-0.1, -0.05) is 59.3 Å². The second kappa shape index (κ2) is 11.0. The molecule has 0 heterocycles. The third-order valence-electron chi connectivity index (χ3n) is 5.13. The summed E-state index contributed by atoms with van der Waals surface area (Å²) < 4.78 is 0. The zero-order chi connectivity index (χ0) is 16.4. The first-order valence-corrected chi connectivity index (χ1v) is 9.50. The number of amides is 1. The minimum atomic E-state index is -0.328. The Hall–Kier alpha value is -0.570. The number of unbranched alkanes of at least 4 members (excludes halogenated alkanes) is 1. The van der Waals surface area contributed by atoms with Crippen molar-refractivity contribution in [2.75, 3.05) is 6.54 Å². The van der Waals surface area contributed by atoms with E-state index >= 15 is 0 Å². The van der Waals surface area contributed by atoms with Crippen LogP contribution >= 0.6 is 0 Å². The van der Waals surface area contributed by atoms with Crippen molar-refractivity contribution in [2.24, 2.45) is 17.8 Å². The molecular weight excluding hydrogens is 274 g/mol. The van der Waals surface area contributed by atoms with Gasteiger partial charge in [-0.05, 0) is 37.5 Å². The second-order valence-electron chi connectivity index (χ2n) is 7.47. The lowest BCUT2D eigenvalue weighted by molar-refractivity contribution is -0.127. The van der Waals surface area contributed by atoms with E-state index in [9.17, 15) is 9.90 Å². The van der Waals surface area contributed by atoms with Gasteiger partial charge in [-0.15, -0.1) is 0 Å². The van der Waals surface area contributed by atoms with E-state index in [1.807, 2.05) is 0 Å². The monoisotopic (exact) mass is 311 g/mol. The Morgan fingerprint density at radius 2 is 1.91 bits per heavy atom. The minimum absolute atomic E-state index is 0.0572. The van der Waals surface area contributed by atoms with Crippen LogP contribution in [0, 0.1) is 17.8 Å². The van der Waals surface area contributed by atoms with Gasteiger partial charge in [0.25, 0.3) is 0 Å². The zero-order valence-electron chi connectivity index (χ0n) is 14.9. The van der Waals surface area contributed by atoms with E-state index in [2.05, 4.69) is 26.1 Å². The Labute approximate surface area is 137 Å². The van der Waals surface area contributed by atoms with Crippen LogP contribution in [0.25, 0.3) is 0 Å². The molecule has 3 nitrogen and oxygen atoms in total. The SMILES string of the molecule is CCCCNC(=O)[C@@H](C[C@@H](O)CCC1CCCCC1)C(C)C. The van der Waals surface area contributed by atoms with Crippen molar-refractivity contribution in [2.45, 2.75) is 91.1 Å². The fraction of sp³-hybridized carbons (Fsp3) is 0.947. The van der Waals surface area contributed by atoms with Crippen LogP contribution in [0.1, 0.15) is 85.0 Å². The summed E-state index contributed by atoms with van der Waals surface area (Å²) in [6.45, 7) is 7.05. The van der Waals surface area contributed by atoms with Gasteiger partial charge >= 0.3 is 0 Å². The lowest BCUT2D eigenvalue weighted by atomic mass is 9.83. The molecular formula is C19H37NO2. The summed E-state index contributed by atoms with van der Waals surface area (Å²) in [5.74, 6) is 1.16. The molecule has 0 aromatic heterocycles. The van der Waals surface area contributed by atoms with Crippen LogP contribution in [0.2, 0.25) is 0 Å². The quantitative estimate of drug-likeness (QED) is 0.591. The highest BCUT2D eigenvalue weighted by molar-refractivity contribution is 5.78. The van der Waals surface area contributed by atoms with Crippen LogP contribution in [0.15, 0.2) is 0 Å². The van der Waals surface area contributed by atoms with Crippen LogP contribution in [0.5, 0.6) is 0 Å². The Bertz CT molecular complexity index is 298. The van der Waals surface area contributed by atoms with Gasteiger partial charge in [-0.25, -0.2) is 0 Å². The Kier molecular flexibility index (Phi) is 9.77. The fourth-order valence-corrected chi connectivity index (χ4v) is 3.52. The van der Waals surface area contributed by atoms with E-state index in [1.165, 1.54) is 32.1 Å². The molecule has 0 bridgehead atoms. The molecule has 0 spiro atoms. The largest absolute Gasteiger partial charge is 0.393 e. The van der Waals surface area contributed by atoms with Crippen LogP contribution in [-0.4, -0.2) is 23.7 Å². The van der Waals surface area contributed by atoms with E-state index in [1.54, 1.807) is 0 Å². The Balaban J connectivity index is 2.32. The number of hydrogen-bond donors (Lipinski definition) is 2. The van der Waals surface area contributed by atoms with Crippen LogP contribution in [0.3, 0.4) is 0 Å². The van der Waals surface area contributed by atoms with Gasteiger partial charge < -0.3 is 10.4 Å². The molecule has 0 aromatic carbocycles. The molecule has 3 heteroatoms. The van der Waals surface area contributed by atoms with E-state index in [4.69, 9.17) is 0 Å². The molecule has 0 aromatic rings. The summed E-state index contributed by atoms with van der Waals surface area (Å²) in [7, 11) is 0. The maximum Gasteiger partial charge on any atom is 0.223 e. The summed E-state index contributed by atoms with van der Waals surface area (Å²) in [5.41, 5.74) is 0. The van der Waals surface area contributed by atoms with Crippen molar-refractivity contribution >= 4 is 5.91 Å². The number of carbonyl (C=O) groups excluding carboxylic acids is 1. The van der Waals surface area contributed by atoms with Crippen molar-refractivity contribution in [3.63, 3.8) is 0 Å². The molecule has 1 fully saturated rings. The molecule has 0 radical (unpaired) electrons. The van der Waals surface area contributed by atoms with Gasteiger partial charge in [0.05, 0.1) is 6.10 Å². The third kappa shape index (κ3) is 7.62. The molecule has 1 aliphatic carbocycles. The summed E-state index contributed by atoms with van der Waals surface area (Å²) in [6.07, 6.45) is 11.2. The van der Waals surface area contributed by atoms with Crippen LogP contribution in [-0.2, 0) is 4.79 Å². The molecule has 130 valence electrons. The first-order valence-electron chi connectivity index (χ1n) is 9.50. The topological polar surface area (TPSA) is 49.3 Å². The first-order chi connectivity index (χ1) is 10.5. The Morgan fingerprint density at radius 1 is 1.23 bits per heavy atom. The smallest absolute Gasteiger partial charge is 0.223 e. The van der Waals surface area contributed by atoms with Crippen molar-refractivity contribution in [1.29, 1.82) is 0 Å². The van der Waals surface area contributed by atoms with E-state index < -0.39 is 0 Å². The second-order valence-corrected chi connectivity index (χ2v) is 7.47. The highest BCUT2D eigenvalue weighted by Crippen LogP contribution is 2.29. The van der Waals surface area contributed by atoms with Crippen LogP contribution < -0.4 is 5.32 Å². The van der Waals surface area contributed by atoms with Crippen molar-refractivity contribution in [1.82, 2.24) is 5.32 Å². The number of aliphatic hydroxyl groups excluding tert-OH is 1. The first kappa shape index (κ1) is 19.5. The van der Waals surface area contributed by atoms with Crippen molar-refractivity contribution in [3.8, 4) is 0 Å². The lowest BCUT2D eigenvalue weighted by Crippen LogP contribution is -2.36. The van der Waals surface area contributed by atoms with Gasteiger partial charge in [0.15, 0.2) is 0 Å². The molecule has 1 saturated carbocycles. The highest BCUT2D eigenvalue weighted by Gasteiger charge is 2.25. The third-order valence-corrected chi connectivity index (χ3v) is 5.13. The zero-order valence-corrected chi connectivity index (χ0v) is 14.9. The number of hydrogen-bond acceptors (Lipinski definition) is 2. The maximum absolute atomic E-state index is 12.3. The number of aliphatic hydroxyl groups is 1. The lowest BCUT2D eigenvalue weighted by Gasteiger charge is -2.25. The predicted octanol–water partition coefficient (Wildman–Crippen LogP) is 4.29. The summed E-state index contributed by atoms with van der Waals surface area (Å²) in [5, 5.41) is 13.4. The standard InChI is InChI=1S/C19H37NO2/c1-4-5-13-20-19(22)18(15(2)3)14-17(21)12-11-16-9-7-6-8-10-16/h15-18,21H,4-14H2,1-3H3,(H,20,22)/t17-,18-/m0/s1. The van der Waals surface area contributed by atoms with Gasteiger partial charge in [-0.3, -0.25) is 4.79 Å². The molecule has 0 aliphatic heterocycles. The number of rotatable bonds is 10. The average Bonchev–Trinajstić information content (AvgIpc) is 2.51. The molecule has 1 rings (SSSR count). The van der Waals surface area contributed by atoms with Crippen molar-refractivity contribution < 1.29 is 9.90 Å². The molecule has 2 atom stereocenters. The van der Waals surface area contributed by atoms with E-state index in [-0.39, 0.29) is 23.8 Å². The van der Waals surface area contributed by atoms with Gasteiger partial charge in [0, 0.05) is 12.5 Å². The van der Waals surface area contributed by atoms with Gasteiger partial charge in [0.2, 0.25) is 5.91 Å². The maximum atomic E-state index is 12.3. The molecule has 1 amide bonds. The molecule has 1 aliphatic rings. The molecule has 0 saturated heterocycles. The minimum Gasteiger partial charge on any atom is -0.393 e. The summed E-state index contributed by atoms with van der Waals surface area (Å²) in [6, 6.07) is 0. The molecule has 0 unspecified atom stereocenters. The van der Waals surface area contributed by atoms with Gasteiger partial charge in [-0.2, -0.15) is 0 Å². The predicted molar refractivity (Wildman–Crippen MR) is 92.7 cm³/mol. The molecule has 22 heavy (non-hydrogen) atoms. The highest BCUT2D eigenvalue weighted by atomic mass is 16.3. The fourth-order valence-electron chi connectivity index (χ4n) is 3.52. The summed E-state index contributed by atoms with van der Waals surface area (Å²) >= 11 is 0. The molecule has 2 N–H and O–H groups in total.